The summed E-state index contributed by atoms with van der Waals surface area (Å²) in [5, 5.41) is 18.8. The van der Waals surface area contributed by atoms with Crippen LogP contribution < -0.4 is 20.4 Å². The number of hydrogen-bond acceptors (Lipinski definition) is 9. The lowest BCUT2D eigenvalue weighted by atomic mass is 9.59. The van der Waals surface area contributed by atoms with Gasteiger partial charge < -0.3 is 35.0 Å². The highest BCUT2D eigenvalue weighted by Crippen LogP contribution is 2.57. The van der Waals surface area contributed by atoms with Gasteiger partial charge in [-0.25, -0.2) is 4.39 Å². The van der Waals surface area contributed by atoms with Crippen LogP contribution in [0.4, 0.5) is 27.3 Å². The summed E-state index contributed by atoms with van der Waals surface area (Å²) in [5.41, 5.74) is 10.4. The van der Waals surface area contributed by atoms with Gasteiger partial charge in [0.15, 0.2) is 11.6 Å². The maximum atomic E-state index is 15.2. The van der Waals surface area contributed by atoms with E-state index in [4.69, 9.17) is 15.2 Å². The Balaban J connectivity index is 1.07. The molecule has 222 valence electrons. The SMILES string of the molecule is COC1(OC)CC2(CCN(c3cc(N4C5CCC4CN(c4cc(-c6ccccc6O)nnc4N)C5)ccc3F)CC2)C1. The van der Waals surface area contributed by atoms with E-state index in [2.05, 4.69) is 31.0 Å². The standard InChI is InChI=1S/C32H39FN6O3/c1-41-32(42-2)19-31(20-32)11-13-37(14-12-31)27-15-21(9-10-25(27)33)39-22-7-8-23(39)18-38(17-22)28-16-26(35-36-30(28)34)24-5-3-4-6-29(24)40/h3-6,9-10,15-16,22-23,40H,7-8,11-14,17-20H2,1-2H3,(H2,34,36). The van der Waals surface area contributed by atoms with Crippen molar-refractivity contribution in [3.63, 3.8) is 0 Å². The number of halogens is 1. The Morgan fingerprint density at radius 3 is 2.26 bits per heavy atom. The van der Waals surface area contributed by atoms with Crippen LogP contribution in [-0.2, 0) is 9.47 Å². The number of aromatic nitrogens is 2. The molecule has 0 amide bonds. The zero-order valence-electron chi connectivity index (χ0n) is 24.3. The summed E-state index contributed by atoms with van der Waals surface area (Å²) in [6.07, 6.45) is 5.96. The van der Waals surface area contributed by atoms with Crippen LogP contribution in [0.3, 0.4) is 0 Å². The molecule has 1 aromatic heterocycles. The molecule has 7 rings (SSSR count). The van der Waals surface area contributed by atoms with Gasteiger partial charge in [0.25, 0.3) is 0 Å². The third-order valence-electron chi connectivity index (χ3n) is 10.2. The maximum absolute atomic E-state index is 15.2. The van der Waals surface area contributed by atoms with Crippen LogP contribution in [0.2, 0.25) is 0 Å². The summed E-state index contributed by atoms with van der Waals surface area (Å²) < 4.78 is 26.5. The Kier molecular flexibility index (Phi) is 6.66. The molecule has 2 atom stereocenters. The van der Waals surface area contributed by atoms with E-state index in [-0.39, 0.29) is 29.1 Å². The van der Waals surface area contributed by atoms with Gasteiger partial charge in [-0.05, 0) is 67.5 Å². The fraction of sp³-hybridized carbons (Fsp3) is 0.500. The highest BCUT2D eigenvalue weighted by Gasteiger charge is 2.56. The van der Waals surface area contributed by atoms with Crippen molar-refractivity contribution in [2.75, 3.05) is 60.8 Å². The summed E-state index contributed by atoms with van der Waals surface area (Å²) in [4.78, 5) is 6.99. The fourth-order valence-corrected chi connectivity index (χ4v) is 7.93. The second-order valence-electron chi connectivity index (χ2n) is 12.5. The quantitative estimate of drug-likeness (QED) is 0.402. The molecule has 1 aliphatic carbocycles. The molecule has 3 N–H and O–H groups in total. The predicted octanol–water partition coefficient (Wildman–Crippen LogP) is 4.80. The number of rotatable bonds is 6. The van der Waals surface area contributed by atoms with Gasteiger partial charge in [0.2, 0.25) is 0 Å². The Hall–Kier alpha value is -3.63. The van der Waals surface area contributed by atoms with Gasteiger partial charge in [-0.3, -0.25) is 0 Å². The number of hydrogen-bond donors (Lipinski definition) is 2. The molecule has 3 aromatic rings. The number of methoxy groups -OCH3 is 2. The van der Waals surface area contributed by atoms with Crippen LogP contribution in [-0.4, -0.2) is 73.6 Å². The van der Waals surface area contributed by atoms with Crippen molar-refractivity contribution in [1.29, 1.82) is 0 Å². The van der Waals surface area contributed by atoms with Crippen molar-refractivity contribution >= 4 is 22.9 Å². The van der Waals surface area contributed by atoms with Gasteiger partial charge in [-0.2, -0.15) is 0 Å². The van der Waals surface area contributed by atoms with Gasteiger partial charge in [-0.1, -0.05) is 12.1 Å². The molecule has 4 fully saturated rings. The second kappa shape index (κ2) is 10.3. The molecule has 1 spiro atoms. The fourth-order valence-electron chi connectivity index (χ4n) is 7.93. The average molecular weight is 575 g/mol. The lowest BCUT2D eigenvalue weighted by Crippen LogP contribution is -2.58. The highest BCUT2D eigenvalue weighted by atomic mass is 19.1. The van der Waals surface area contributed by atoms with Crippen molar-refractivity contribution in [2.24, 2.45) is 5.41 Å². The Bertz CT molecular complexity index is 1450. The number of ether oxygens (including phenoxy) is 2. The molecule has 3 aliphatic heterocycles. The average Bonchev–Trinajstić information content (AvgIpc) is 3.25. The van der Waals surface area contributed by atoms with Crippen LogP contribution in [0.25, 0.3) is 11.3 Å². The predicted molar refractivity (Wildman–Crippen MR) is 161 cm³/mol. The van der Waals surface area contributed by atoms with E-state index in [9.17, 15) is 5.11 Å². The second-order valence-corrected chi connectivity index (χ2v) is 12.5. The van der Waals surface area contributed by atoms with E-state index in [0.29, 0.717) is 22.8 Å². The van der Waals surface area contributed by atoms with Gasteiger partial charge in [0, 0.05) is 76.6 Å². The third-order valence-corrected chi connectivity index (χ3v) is 10.2. The Labute approximate surface area is 246 Å². The summed E-state index contributed by atoms with van der Waals surface area (Å²) in [6.45, 7) is 3.23. The normalized spacial score (nSPS) is 24.2. The van der Waals surface area contributed by atoms with Gasteiger partial charge >= 0.3 is 0 Å². The zero-order chi connectivity index (χ0) is 29.1. The zero-order valence-corrected chi connectivity index (χ0v) is 24.3. The number of piperazine rings is 1. The molecule has 2 unspecified atom stereocenters. The minimum Gasteiger partial charge on any atom is -0.507 e. The van der Waals surface area contributed by atoms with E-state index in [1.807, 2.05) is 24.3 Å². The first-order valence-corrected chi connectivity index (χ1v) is 14.9. The number of benzene rings is 2. The number of nitrogens with zero attached hydrogens (tertiary/aromatic N) is 5. The number of phenols is 1. The summed E-state index contributed by atoms with van der Waals surface area (Å²) in [6, 6.07) is 15.2. The monoisotopic (exact) mass is 574 g/mol. The van der Waals surface area contributed by atoms with Crippen molar-refractivity contribution in [3.8, 4) is 17.0 Å². The molecule has 10 heteroatoms. The summed E-state index contributed by atoms with van der Waals surface area (Å²) >= 11 is 0. The van der Waals surface area contributed by atoms with Gasteiger partial charge in [-0.15, -0.1) is 10.2 Å². The van der Waals surface area contributed by atoms with E-state index in [1.54, 1.807) is 32.4 Å². The highest BCUT2D eigenvalue weighted by molar-refractivity contribution is 5.74. The summed E-state index contributed by atoms with van der Waals surface area (Å²) in [7, 11) is 3.44. The first kappa shape index (κ1) is 27.2. The molecule has 0 radical (unpaired) electrons. The van der Waals surface area contributed by atoms with Crippen LogP contribution in [0.15, 0.2) is 48.5 Å². The van der Waals surface area contributed by atoms with Gasteiger partial charge in [0.05, 0.1) is 17.1 Å². The number of nitrogens with two attached hydrogens (primary N) is 1. The molecule has 2 bridgehead atoms. The maximum Gasteiger partial charge on any atom is 0.169 e. The minimum atomic E-state index is -0.448. The number of piperidine rings is 1. The van der Waals surface area contributed by atoms with E-state index < -0.39 is 5.79 Å². The number of para-hydroxylation sites is 1. The summed E-state index contributed by atoms with van der Waals surface area (Å²) in [5.74, 6) is -0.0658. The third kappa shape index (κ3) is 4.52. The number of nitrogen functional groups attached to an aromatic ring is 1. The first-order valence-electron chi connectivity index (χ1n) is 14.9. The molecule has 42 heavy (non-hydrogen) atoms. The molecule has 4 aliphatic rings. The molecule has 1 saturated carbocycles. The smallest absolute Gasteiger partial charge is 0.169 e. The first-order chi connectivity index (χ1) is 20.3. The lowest BCUT2D eigenvalue weighted by Gasteiger charge is -2.57. The molecule has 4 heterocycles. The van der Waals surface area contributed by atoms with Crippen molar-refractivity contribution in [1.82, 2.24) is 10.2 Å². The van der Waals surface area contributed by atoms with Crippen LogP contribution in [0.1, 0.15) is 38.5 Å². The molecular formula is C32H39FN6O3. The Morgan fingerprint density at radius 1 is 0.905 bits per heavy atom. The number of fused-ring (bicyclic) bond motifs is 2. The van der Waals surface area contributed by atoms with E-state index in [1.165, 1.54) is 0 Å². The largest absolute Gasteiger partial charge is 0.507 e. The number of aromatic hydroxyl groups is 1. The molecule has 2 aromatic carbocycles. The van der Waals surface area contributed by atoms with Crippen molar-refractivity contribution in [2.45, 2.75) is 56.4 Å². The molecular weight excluding hydrogens is 535 g/mol. The number of anilines is 4. The Morgan fingerprint density at radius 2 is 1.60 bits per heavy atom. The molecule has 3 saturated heterocycles. The topological polar surface area (TPSA) is 100 Å². The van der Waals surface area contributed by atoms with Crippen molar-refractivity contribution in [3.05, 3.63) is 54.3 Å². The minimum absolute atomic E-state index is 0.161. The van der Waals surface area contributed by atoms with Gasteiger partial charge in [0.1, 0.15) is 11.6 Å². The van der Waals surface area contributed by atoms with Crippen molar-refractivity contribution < 1.29 is 19.0 Å². The van der Waals surface area contributed by atoms with E-state index in [0.717, 1.165) is 76.1 Å². The van der Waals surface area contributed by atoms with Crippen LogP contribution in [0, 0.1) is 11.2 Å². The van der Waals surface area contributed by atoms with E-state index >= 15 is 4.39 Å². The number of phenolic OH excluding ortho intramolecular Hbond substituents is 1. The molecule has 9 nitrogen and oxygen atoms in total. The van der Waals surface area contributed by atoms with Crippen LogP contribution in [0.5, 0.6) is 5.75 Å². The lowest BCUT2D eigenvalue weighted by molar-refractivity contribution is -0.300. The van der Waals surface area contributed by atoms with Crippen LogP contribution >= 0.6 is 0 Å².